The maximum absolute atomic E-state index is 12.9. The number of imide groups is 1. The number of hydrogen-bond donors (Lipinski definition) is 0. The molecule has 0 radical (unpaired) electrons. The third-order valence-corrected chi connectivity index (χ3v) is 6.70. The third-order valence-electron chi connectivity index (χ3n) is 5.04. The van der Waals surface area contributed by atoms with Crippen LogP contribution < -0.4 is 9.47 Å². The van der Waals surface area contributed by atoms with Gasteiger partial charge in [0.15, 0.2) is 0 Å². The van der Waals surface area contributed by atoms with Gasteiger partial charge in [-0.2, -0.15) is 0 Å². The lowest BCUT2D eigenvalue weighted by Gasteiger charge is -2.13. The predicted octanol–water partition coefficient (Wildman–Crippen LogP) is 7.11. The van der Waals surface area contributed by atoms with E-state index >= 15 is 0 Å². The van der Waals surface area contributed by atoms with E-state index in [2.05, 4.69) is 15.9 Å². The van der Waals surface area contributed by atoms with Crippen molar-refractivity contribution >= 4 is 56.5 Å². The first-order valence-corrected chi connectivity index (χ1v) is 12.5. The van der Waals surface area contributed by atoms with Crippen molar-refractivity contribution in [1.29, 1.82) is 0 Å². The molecule has 1 heterocycles. The van der Waals surface area contributed by atoms with Crippen molar-refractivity contribution in [2.24, 2.45) is 0 Å². The van der Waals surface area contributed by atoms with Gasteiger partial charge in [-0.05, 0) is 72.8 Å². The van der Waals surface area contributed by atoms with E-state index in [0.717, 1.165) is 27.4 Å². The summed E-state index contributed by atoms with van der Waals surface area (Å²) < 4.78 is 12.5. The van der Waals surface area contributed by atoms with E-state index in [1.165, 1.54) is 4.90 Å². The average molecular weight is 559 g/mol. The number of hydrogen-bond acceptors (Lipinski definition) is 5. The third kappa shape index (κ3) is 6.23. The van der Waals surface area contributed by atoms with Crippen LogP contribution in [0.25, 0.3) is 6.08 Å². The molecule has 0 aliphatic carbocycles. The zero-order valence-corrected chi connectivity index (χ0v) is 21.5. The van der Waals surface area contributed by atoms with E-state index in [1.807, 2.05) is 61.5 Å². The largest absolute Gasteiger partial charge is 0.492 e. The summed E-state index contributed by atoms with van der Waals surface area (Å²) in [5.74, 6) is 0.962. The van der Waals surface area contributed by atoms with E-state index in [9.17, 15) is 9.59 Å². The number of carbonyl (C=O) groups is 2. The number of thioether (sulfide) groups is 1. The maximum atomic E-state index is 12.9. The molecule has 8 heteroatoms. The summed E-state index contributed by atoms with van der Waals surface area (Å²) >= 11 is 10.3. The van der Waals surface area contributed by atoms with E-state index in [4.69, 9.17) is 21.1 Å². The highest BCUT2D eigenvalue weighted by Gasteiger charge is 2.35. The van der Waals surface area contributed by atoms with Crippen molar-refractivity contribution in [3.63, 3.8) is 0 Å². The van der Waals surface area contributed by atoms with Crippen molar-refractivity contribution in [2.75, 3.05) is 13.2 Å². The van der Waals surface area contributed by atoms with Gasteiger partial charge in [-0.15, -0.1) is 0 Å². The minimum absolute atomic E-state index is 0.175. The van der Waals surface area contributed by atoms with Crippen molar-refractivity contribution in [3.05, 3.63) is 97.8 Å². The summed E-state index contributed by atoms with van der Waals surface area (Å²) in [7, 11) is 0. The Morgan fingerprint density at radius 1 is 1.00 bits per heavy atom. The molecule has 0 spiro atoms. The van der Waals surface area contributed by atoms with E-state index in [1.54, 1.807) is 18.2 Å². The molecule has 0 bridgehead atoms. The number of benzene rings is 3. The van der Waals surface area contributed by atoms with Crippen molar-refractivity contribution in [3.8, 4) is 11.5 Å². The van der Waals surface area contributed by atoms with Crippen molar-refractivity contribution in [1.82, 2.24) is 4.90 Å². The Hall–Kier alpha value is -2.74. The number of nitrogens with zero attached hydrogens (tertiary/aromatic N) is 1. The quantitative estimate of drug-likeness (QED) is 0.276. The highest BCUT2D eigenvalue weighted by molar-refractivity contribution is 9.10. The Bertz CT molecular complexity index is 1230. The molecule has 174 valence electrons. The molecule has 0 unspecified atom stereocenters. The summed E-state index contributed by atoms with van der Waals surface area (Å²) in [4.78, 5) is 26.9. The second kappa shape index (κ2) is 11.1. The van der Waals surface area contributed by atoms with Gasteiger partial charge in [-0.1, -0.05) is 57.4 Å². The predicted molar refractivity (Wildman–Crippen MR) is 139 cm³/mol. The Balaban J connectivity index is 1.43. The molecular formula is C26H21BrClNO4S. The minimum atomic E-state index is -0.342. The molecule has 5 nitrogen and oxygen atoms in total. The van der Waals surface area contributed by atoms with E-state index in [0.29, 0.717) is 33.6 Å². The van der Waals surface area contributed by atoms with Crippen LogP contribution in [0.4, 0.5) is 4.79 Å². The molecule has 3 aromatic rings. The van der Waals surface area contributed by atoms with Crippen LogP contribution in [0.2, 0.25) is 5.02 Å². The molecule has 0 saturated carbocycles. The van der Waals surface area contributed by atoms with E-state index < -0.39 is 0 Å². The van der Waals surface area contributed by atoms with Gasteiger partial charge >= 0.3 is 0 Å². The monoisotopic (exact) mass is 557 g/mol. The van der Waals surface area contributed by atoms with Gasteiger partial charge in [-0.3, -0.25) is 14.5 Å². The van der Waals surface area contributed by atoms with Crippen LogP contribution in [0.1, 0.15) is 16.7 Å². The molecule has 1 saturated heterocycles. The summed E-state index contributed by atoms with van der Waals surface area (Å²) in [6.45, 7) is 2.74. The molecule has 34 heavy (non-hydrogen) atoms. The molecule has 0 atom stereocenters. The highest BCUT2D eigenvalue weighted by atomic mass is 79.9. The van der Waals surface area contributed by atoms with Gasteiger partial charge in [0.25, 0.3) is 11.1 Å². The Labute approximate surface area is 215 Å². The van der Waals surface area contributed by atoms with Gasteiger partial charge in [0.05, 0.1) is 11.4 Å². The standard InChI is InChI=1S/C26H21BrClNO4S/c1-17-2-9-22(10-3-17)32-13-12-29-25(30)24(34-26(29)31)15-19-14-20(27)6-11-23(19)33-16-18-4-7-21(28)8-5-18/h2-11,14-15H,12-13,16H2,1H3/b24-15-. The molecule has 4 rings (SSSR count). The second-order valence-corrected chi connectivity index (χ2v) is 9.94. The van der Waals surface area contributed by atoms with Crippen LogP contribution >= 0.6 is 39.3 Å². The maximum Gasteiger partial charge on any atom is 0.293 e. The Kier molecular flexibility index (Phi) is 7.98. The zero-order valence-electron chi connectivity index (χ0n) is 18.3. The number of ether oxygens (including phenoxy) is 2. The lowest BCUT2D eigenvalue weighted by molar-refractivity contribution is -0.123. The van der Waals surface area contributed by atoms with Gasteiger partial charge in [0, 0.05) is 15.1 Å². The van der Waals surface area contributed by atoms with Crippen LogP contribution in [-0.4, -0.2) is 29.2 Å². The molecule has 0 N–H and O–H groups in total. The Morgan fingerprint density at radius 2 is 1.74 bits per heavy atom. The molecule has 1 aliphatic heterocycles. The normalized spacial score (nSPS) is 14.7. The van der Waals surface area contributed by atoms with Gasteiger partial charge in [-0.25, -0.2) is 0 Å². The molecule has 0 aromatic heterocycles. The smallest absolute Gasteiger partial charge is 0.293 e. The number of rotatable bonds is 8. The summed E-state index contributed by atoms with van der Waals surface area (Å²) in [5.41, 5.74) is 2.80. The second-order valence-electron chi connectivity index (χ2n) is 7.59. The first-order valence-electron chi connectivity index (χ1n) is 10.5. The first kappa shape index (κ1) is 24.4. The van der Waals surface area contributed by atoms with Crippen molar-refractivity contribution in [2.45, 2.75) is 13.5 Å². The Morgan fingerprint density at radius 3 is 2.47 bits per heavy atom. The topological polar surface area (TPSA) is 55.8 Å². The fraction of sp³-hybridized carbons (Fsp3) is 0.154. The fourth-order valence-corrected chi connectivity index (χ4v) is 4.59. The lowest BCUT2D eigenvalue weighted by atomic mass is 10.1. The first-order chi connectivity index (χ1) is 16.4. The average Bonchev–Trinajstić information content (AvgIpc) is 3.08. The summed E-state index contributed by atoms with van der Waals surface area (Å²) in [6, 6.07) is 20.6. The van der Waals surface area contributed by atoms with Crippen LogP contribution in [-0.2, 0) is 11.4 Å². The van der Waals surface area contributed by atoms with Gasteiger partial charge < -0.3 is 9.47 Å². The van der Waals surface area contributed by atoms with Crippen LogP contribution in [0.5, 0.6) is 11.5 Å². The molecule has 2 amide bonds. The van der Waals surface area contributed by atoms with Gasteiger partial charge in [0.2, 0.25) is 0 Å². The van der Waals surface area contributed by atoms with E-state index in [-0.39, 0.29) is 24.3 Å². The highest BCUT2D eigenvalue weighted by Crippen LogP contribution is 2.35. The minimum Gasteiger partial charge on any atom is -0.492 e. The number of aryl methyl sites for hydroxylation is 1. The SMILES string of the molecule is Cc1ccc(OCCN2C(=O)S/C(=C\c3cc(Br)ccc3OCc3ccc(Cl)cc3)C2=O)cc1. The summed E-state index contributed by atoms with van der Waals surface area (Å²) in [5, 5.41) is 0.343. The number of amides is 2. The molecule has 1 fully saturated rings. The molecule has 3 aromatic carbocycles. The number of carbonyl (C=O) groups excluding carboxylic acids is 2. The zero-order chi connectivity index (χ0) is 24.1. The lowest BCUT2D eigenvalue weighted by Crippen LogP contribution is -2.32. The van der Waals surface area contributed by atoms with Crippen molar-refractivity contribution < 1.29 is 19.1 Å². The fourth-order valence-electron chi connectivity index (χ4n) is 3.23. The van der Waals surface area contributed by atoms with Crippen LogP contribution in [0.3, 0.4) is 0 Å². The van der Waals surface area contributed by atoms with Crippen LogP contribution in [0.15, 0.2) is 76.1 Å². The summed E-state index contributed by atoms with van der Waals surface area (Å²) in [6.07, 6.45) is 1.69. The van der Waals surface area contributed by atoms with Crippen LogP contribution in [0, 0.1) is 6.92 Å². The number of halogens is 2. The molecule has 1 aliphatic rings. The van der Waals surface area contributed by atoms with Gasteiger partial charge in [0.1, 0.15) is 24.7 Å². The molecular weight excluding hydrogens is 538 g/mol.